The van der Waals surface area contributed by atoms with E-state index in [1.165, 1.54) is 12.3 Å². The smallest absolute Gasteiger partial charge is 0.264 e. The van der Waals surface area contributed by atoms with Gasteiger partial charge in [-0.1, -0.05) is 30.3 Å². The lowest BCUT2D eigenvalue weighted by Gasteiger charge is -2.30. The summed E-state index contributed by atoms with van der Waals surface area (Å²) in [6.45, 7) is 0.475. The van der Waals surface area contributed by atoms with Gasteiger partial charge in [0.05, 0.1) is 25.7 Å². The van der Waals surface area contributed by atoms with E-state index in [0.29, 0.717) is 6.61 Å². The van der Waals surface area contributed by atoms with Crippen LogP contribution in [0.5, 0.6) is 0 Å². The van der Waals surface area contributed by atoms with Crippen molar-refractivity contribution in [3.05, 3.63) is 48.2 Å². The van der Waals surface area contributed by atoms with Gasteiger partial charge in [-0.3, -0.25) is 4.18 Å². The molecule has 1 heterocycles. The van der Waals surface area contributed by atoms with Crippen molar-refractivity contribution in [1.29, 1.82) is 0 Å². The number of aliphatic hydroxyl groups excluding tert-OH is 1. The van der Waals surface area contributed by atoms with Gasteiger partial charge in [-0.05, 0) is 11.6 Å². The van der Waals surface area contributed by atoms with Gasteiger partial charge >= 0.3 is 0 Å². The van der Waals surface area contributed by atoms with Crippen molar-refractivity contribution in [1.82, 2.24) is 0 Å². The molecule has 2 rings (SSSR count). The molecule has 1 aliphatic rings. The molecule has 1 aromatic carbocycles. The number of aliphatic hydroxyl groups is 1. The first kappa shape index (κ1) is 16.0. The highest BCUT2D eigenvalue weighted by Gasteiger charge is 2.35. The Labute approximate surface area is 124 Å². The molecule has 1 aliphatic heterocycles. The summed E-state index contributed by atoms with van der Waals surface area (Å²) in [5.41, 5.74) is 0.991. The Hall–Kier alpha value is -1.41. The first-order valence-corrected chi connectivity index (χ1v) is 8.27. The van der Waals surface area contributed by atoms with Crippen LogP contribution in [-0.4, -0.2) is 44.7 Å². The van der Waals surface area contributed by atoms with Crippen molar-refractivity contribution < 1.29 is 27.2 Å². The minimum Gasteiger partial charge on any atom is -0.493 e. The quantitative estimate of drug-likeness (QED) is 0.783. The van der Waals surface area contributed by atoms with Crippen molar-refractivity contribution in [2.24, 2.45) is 0 Å². The van der Waals surface area contributed by atoms with Gasteiger partial charge in [0.15, 0.2) is 6.10 Å². The van der Waals surface area contributed by atoms with Gasteiger partial charge in [-0.15, -0.1) is 0 Å². The first-order valence-electron chi connectivity index (χ1n) is 6.46. The van der Waals surface area contributed by atoms with Crippen LogP contribution < -0.4 is 0 Å². The van der Waals surface area contributed by atoms with Gasteiger partial charge in [-0.25, -0.2) is 0 Å². The van der Waals surface area contributed by atoms with E-state index < -0.39 is 28.4 Å². The molecule has 0 radical (unpaired) electrons. The minimum absolute atomic E-state index is 0.108. The molecule has 6 nitrogen and oxygen atoms in total. The number of benzene rings is 1. The van der Waals surface area contributed by atoms with Gasteiger partial charge in [0.1, 0.15) is 12.2 Å². The molecule has 1 aromatic rings. The molecule has 116 valence electrons. The summed E-state index contributed by atoms with van der Waals surface area (Å²) in [6, 6.07) is 9.54. The van der Waals surface area contributed by atoms with Gasteiger partial charge in [-0.2, -0.15) is 8.42 Å². The maximum Gasteiger partial charge on any atom is 0.264 e. The second kappa shape index (κ2) is 7.04. The molecule has 0 amide bonds. The molecule has 7 heteroatoms. The molecule has 0 bridgehead atoms. The molecular weight excluding hydrogens is 296 g/mol. The lowest BCUT2D eigenvalue weighted by Crippen LogP contribution is -2.45. The van der Waals surface area contributed by atoms with Gasteiger partial charge in [0.2, 0.25) is 0 Å². The molecule has 0 saturated heterocycles. The van der Waals surface area contributed by atoms with Crippen LogP contribution in [0.4, 0.5) is 0 Å². The van der Waals surface area contributed by atoms with Crippen LogP contribution in [-0.2, 0) is 30.4 Å². The van der Waals surface area contributed by atoms with Crippen LogP contribution >= 0.6 is 0 Å². The van der Waals surface area contributed by atoms with Gasteiger partial charge in [0.25, 0.3) is 10.1 Å². The number of rotatable bonds is 6. The molecule has 0 unspecified atom stereocenters. The van der Waals surface area contributed by atoms with Crippen LogP contribution in [0.15, 0.2) is 42.7 Å². The summed E-state index contributed by atoms with van der Waals surface area (Å²) in [4.78, 5) is 0. The maximum atomic E-state index is 11.2. The van der Waals surface area contributed by atoms with Crippen LogP contribution in [0.1, 0.15) is 5.56 Å². The molecule has 21 heavy (non-hydrogen) atoms. The number of ether oxygens (including phenoxy) is 2. The van der Waals surface area contributed by atoms with E-state index in [1.807, 2.05) is 30.3 Å². The third-order valence-corrected chi connectivity index (χ3v) is 3.48. The largest absolute Gasteiger partial charge is 0.493 e. The Morgan fingerprint density at radius 2 is 2.00 bits per heavy atom. The second-order valence-electron chi connectivity index (χ2n) is 4.76. The second-order valence-corrected chi connectivity index (χ2v) is 6.36. The van der Waals surface area contributed by atoms with E-state index >= 15 is 0 Å². The molecule has 3 atom stereocenters. The fourth-order valence-electron chi connectivity index (χ4n) is 1.96. The van der Waals surface area contributed by atoms with E-state index in [2.05, 4.69) is 0 Å². The Bertz CT molecular complexity index is 568. The Kier molecular flexibility index (Phi) is 5.35. The fourth-order valence-corrected chi connectivity index (χ4v) is 2.60. The van der Waals surface area contributed by atoms with Crippen LogP contribution in [0.3, 0.4) is 0 Å². The fraction of sp³-hybridized carbons (Fsp3) is 0.429. The van der Waals surface area contributed by atoms with Crippen LogP contribution in [0.25, 0.3) is 0 Å². The zero-order chi connectivity index (χ0) is 15.3. The maximum absolute atomic E-state index is 11.2. The average molecular weight is 314 g/mol. The topological polar surface area (TPSA) is 82.1 Å². The standard InChI is InChI=1S/C14H18O6S/c1-21(16,17)20-14-12(15)7-8-19-13(14)10-18-9-11-5-3-2-4-6-11/h2-8,12-15H,9-10H2,1H3/t12-,13+,14+/m0/s1. The molecule has 0 aliphatic carbocycles. The average Bonchev–Trinajstić information content (AvgIpc) is 2.42. The van der Waals surface area contributed by atoms with E-state index in [1.54, 1.807) is 0 Å². The molecular formula is C14H18O6S. The summed E-state index contributed by atoms with van der Waals surface area (Å²) in [7, 11) is -3.70. The number of hydrogen-bond acceptors (Lipinski definition) is 6. The molecule has 0 fully saturated rings. The zero-order valence-electron chi connectivity index (χ0n) is 11.6. The van der Waals surface area contributed by atoms with Gasteiger partial charge < -0.3 is 14.6 Å². The van der Waals surface area contributed by atoms with Crippen molar-refractivity contribution in [3.8, 4) is 0 Å². The van der Waals surface area contributed by atoms with Crippen molar-refractivity contribution in [3.63, 3.8) is 0 Å². The van der Waals surface area contributed by atoms with Crippen molar-refractivity contribution >= 4 is 10.1 Å². The van der Waals surface area contributed by atoms with Crippen molar-refractivity contribution in [2.75, 3.05) is 12.9 Å². The summed E-state index contributed by atoms with van der Waals surface area (Å²) >= 11 is 0. The third-order valence-electron chi connectivity index (χ3n) is 2.91. The minimum atomic E-state index is -3.70. The predicted molar refractivity (Wildman–Crippen MR) is 75.8 cm³/mol. The van der Waals surface area contributed by atoms with Crippen molar-refractivity contribution in [2.45, 2.75) is 24.9 Å². The predicted octanol–water partition coefficient (Wildman–Crippen LogP) is 0.821. The molecule has 1 N–H and O–H groups in total. The third kappa shape index (κ3) is 5.13. The van der Waals surface area contributed by atoms with E-state index in [0.717, 1.165) is 11.8 Å². The molecule has 0 spiro atoms. The number of hydrogen-bond donors (Lipinski definition) is 1. The SMILES string of the molecule is CS(=O)(=O)O[C@@H]1[C@@H](O)C=CO[C@@H]1COCc1ccccc1. The first-order chi connectivity index (χ1) is 9.96. The molecule has 0 aromatic heterocycles. The summed E-state index contributed by atoms with van der Waals surface area (Å²) in [5, 5.41) is 9.81. The highest BCUT2D eigenvalue weighted by atomic mass is 32.2. The molecule has 0 saturated carbocycles. The summed E-state index contributed by atoms with van der Waals surface area (Å²) < 4.78 is 38.1. The highest BCUT2D eigenvalue weighted by Crippen LogP contribution is 2.18. The van der Waals surface area contributed by atoms with E-state index in [4.69, 9.17) is 13.7 Å². The van der Waals surface area contributed by atoms with Crippen LogP contribution in [0.2, 0.25) is 0 Å². The lowest BCUT2D eigenvalue weighted by molar-refractivity contribution is -0.0821. The Balaban J connectivity index is 1.92. The normalized spacial score (nSPS) is 25.5. The van der Waals surface area contributed by atoms with Crippen LogP contribution in [0, 0.1) is 0 Å². The monoisotopic (exact) mass is 314 g/mol. The van der Waals surface area contributed by atoms with E-state index in [9.17, 15) is 13.5 Å². The summed E-state index contributed by atoms with van der Waals surface area (Å²) in [6.07, 6.45) is 0.829. The van der Waals surface area contributed by atoms with E-state index in [-0.39, 0.29) is 6.61 Å². The zero-order valence-corrected chi connectivity index (χ0v) is 12.4. The van der Waals surface area contributed by atoms with Gasteiger partial charge in [0, 0.05) is 0 Å². The lowest BCUT2D eigenvalue weighted by atomic mass is 10.1. The Morgan fingerprint density at radius 3 is 2.67 bits per heavy atom. The summed E-state index contributed by atoms with van der Waals surface area (Å²) in [5.74, 6) is 0. The highest BCUT2D eigenvalue weighted by molar-refractivity contribution is 7.86. The Morgan fingerprint density at radius 1 is 1.29 bits per heavy atom.